The second kappa shape index (κ2) is 4.03. The van der Waals surface area contributed by atoms with Crippen LogP contribution in [0.3, 0.4) is 0 Å². The first-order chi connectivity index (χ1) is 7.52. The molecule has 2 rings (SSSR count). The van der Waals surface area contributed by atoms with Gasteiger partial charge in [-0.15, -0.1) is 0 Å². The lowest BCUT2D eigenvalue weighted by atomic mass is 10.2. The minimum atomic E-state index is -3.81. The number of hydrogen-bond donors (Lipinski definition) is 0. The summed E-state index contributed by atoms with van der Waals surface area (Å²) < 4.78 is 23.7. The Morgan fingerprint density at radius 2 is 2.19 bits per heavy atom. The Morgan fingerprint density at radius 1 is 1.44 bits per heavy atom. The van der Waals surface area contributed by atoms with Crippen LogP contribution in [0.5, 0.6) is 0 Å². The Hall–Kier alpha value is -1.14. The maximum atomic E-state index is 11.2. The summed E-state index contributed by atoms with van der Waals surface area (Å²) in [6, 6.07) is 3.56. The number of aryl methyl sites for hydroxylation is 1. The minimum Gasteiger partial charge on any atom is -0.234 e. The Labute approximate surface area is 97.5 Å². The molecule has 86 valence electrons. The fourth-order valence-corrected chi connectivity index (χ4v) is 2.28. The second-order valence-corrected chi connectivity index (χ2v) is 5.89. The number of imidazole rings is 1. The van der Waals surface area contributed by atoms with E-state index in [0.29, 0.717) is 5.65 Å². The van der Waals surface area contributed by atoms with Crippen LogP contribution in [0.2, 0.25) is 0 Å². The molecule has 0 unspecified atom stereocenters. The Morgan fingerprint density at radius 3 is 2.81 bits per heavy atom. The zero-order valence-electron chi connectivity index (χ0n) is 8.59. The van der Waals surface area contributed by atoms with E-state index in [1.807, 2.05) is 13.0 Å². The topological polar surface area (TPSA) is 64.3 Å². The molecular weight excluding hydrogens is 250 g/mol. The molecule has 0 amide bonds. The van der Waals surface area contributed by atoms with Gasteiger partial charge in [-0.3, -0.25) is 0 Å². The van der Waals surface area contributed by atoms with Gasteiger partial charge < -0.3 is 0 Å². The quantitative estimate of drug-likeness (QED) is 0.786. The van der Waals surface area contributed by atoms with Gasteiger partial charge in [0.15, 0.2) is 10.7 Å². The van der Waals surface area contributed by atoms with Crippen molar-refractivity contribution >= 4 is 25.4 Å². The summed E-state index contributed by atoms with van der Waals surface area (Å²) >= 11 is 0. The summed E-state index contributed by atoms with van der Waals surface area (Å²) in [6.07, 6.45) is 2.94. The van der Waals surface area contributed by atoms with E-state index in [1.165, 1.54) is 10.7 Å². The first-order valence-electron chi connectivity index (χ1n) is 4.80. The van der Waals surface area contributed by atoms with Gasteiger partial charge in [0.2, 0.25) is 0 Å². The van der Waals surface area contributed by atoms with Crippen molar-refractivity contribution in [2.75, 3.05) is 0 Å². The van der Waals surface area contributed by atoms with Crippen LogP contribution in [0.25, 0.3) is 5.65 Å². The van der Waals surface area contributed by atoms with Crippen LogP contribution >= 0.6 is 10.7 Å². The Bertz CT molecular complexity index is 621. The average Bonchev–Trinajstić information content (AvgIpc) is 2.60. The number of halogens is 1. The highest BCUT2D eigenvalue weighted by molar-refractivity contribution is 8.13. The van der Waals surface area contributed by atoms with E-state index in [9.17, 15) is 8.42 Å². The zero-order chi connectivity index (χ0) is 11.8. The highest BCUT2D eigenvalue weighted by Crippen LogP contribution is 2.16. The SMILES string of the molecule is CCCc1ccc2ncc(S(=O)(=O)Cl)n2n1. The van der Waals surface area contributed by atoms with Crippen LogP contribution in [0.1, 0.15) is 19.0 Å². The zero-order valence-corrected chi connectivity index (χ0v) is 10.2. The number of rotatable bonds is 3. The van der Waals surface area contributed by atoms with Crippen molar-refractivity contribution in [3.8, 4) is 0 Å². The molecule has 16 heavy (non-hydrogen) atoms. The third kappa shape index (κ3) is 2.03. The van der Waals surface area contributed by atoms with Crippen LogP contribution in [-0.4, -0.2) is 23.0 Å². The standard InChI is InChI=1S/C9H10ClN3O2S/c1-2-3-7-4-5-8-11-6-9(13(8)12-7)16(10,14)15/h4-6H,2-3H2,1H3. The third-order valence-electron chi connectivity index (χ3n) is 2.14. The van der Waals surface area contributed by atoms with E-state index in [2.05, 4.69) is 10.1 Å². The molecule has 2 heterocycles. The molecule has 7 heteroatoms. The highest BCUT2D eigenvalue weighted by Gasteiger charge is 2.17. The van der Waals surface area contributed by atoms with Crippen LogP contribution < -0.4 is 0 Å². The highest BCUT2D eigenvalue weighted by atomic mass is 35.7. The van der Waals surface area contributed by atoms with Crippen LogP contribution in [-0.2, 0) is 15.5 Å². The summed E-state index contributed by atoms with van der Waals surface area (Å²) in [5.74, 6) is 0. The van der Waals surface area contributed by atoms with Crippen molar-refractivity contribution in [3.05, 3.63) is 24.0 Å². The fraction of sp³-hybridized carbons (Fsp3) is 0.333. The van der Waals surface area contributed by atoms with Crippen molar-refractivity contribution < 1.29 is 8.42 Å². The Balaban J connectivity index is 2.65. The lowest BCUT2D eigenvalue weighted by Crippen LogP contribution is -2.03. The molecule has 2 aromatic rings. The van der Waals surface area contributed by atoms with Gasteiger partial charge in [0, 0.05) is 10.7 Å². The van der Waals surface area contributed by atoms with Gasteiger partial charge in [0.05, 0.1) is 11.9 Å². The molecule has 0 atom stereocenters. The third-order valence-corrected chi connectivity index (χ3v) is 3.39. The van der Waals surface area contributed by atoms with E-state index < -0.39 is 9.05 Å². The first-order valence-corrected chi connectivity index (χ1v) is 7.11. The van der Waals surface area contributed by atoms with E-state index in [4.69, 9.17) is 10.7 Å². The summed E-state index contributed by atoms with van der Waals surface area (Å²) in [5.41, 5.74) is 1.29. The van der Waals surface area contributed by atoms with Gasteiger partial charge in [-0.25, -0.2) is 17.9 Å². The second-order valence-electron chi connectivity index (χ2n) is 3.38. The first kappa shape index (κ1) is 11.3. The van der Waals surface area contributed by atoms with Crippen molar-refractivity contribution in [2.24, 2.45) is 0 Å². The molecule has 0 saturated heterocycles. The molecule has 0 aliphatic heterocycles. The molecule has 0 aliphatic rings. The van der Waals surface area contributed by atoms with E-state index >= 15 is 0 Å². The van der Waals surface area contributed by atoms with Crippen LogP contribution in [0.4, 0.5) is 0 Å². The van der Waals surface area contributed by atoms with Crippen molar-refractivity contribution in [1.82, 2.24) is 14.6 Å². The number of aromatic nitrogens is 3. The predicted octanol–water partition coefficient (Wildman–Crippen LogP) is 1.61. The molecular formula is C9H10ClN3O2S. The number of hydrogen-bond acceptors (Lipinski definition) is 4. The van der Waals surface area contributed by atoms with Crippen LogP contribution in [0, 0.1) is 0 Å². The minimum absolute atomic E-state index is 0.0953. The maximum absolute atomic E-state index is 11.2. The van der Waals surface area contributed by atoms with Gasteiger partial charge in [-0.1, -0.05) is 13.3 Å². The summed E-state index contributed by atoms with van der Waals surface area (Å²) in [6.45, 7) is 2.03. The monoisotopic (exact) mass is 259 g/mol. The van der Waals surface area contributed by atoms with Gasteiger partial charge in [0.1, 0.15) is 0 Å². The number of nitrogens with zero attached hydrogens (tertiary/aromatic N) is 3. The molecule has 0 fully saturated rings. The van der Waals surface area contributed by atoms with Crippen molar-refractivity contribution in [1.29, 1.82) is 0 Å². The van der Waals surface area contributed by atoms with Gasteiger partial charge in [-0.05, 0) is 18.6 Å². The molecule has 2 aromatic heterocycles. The van der Waals surface area contributed by atoms with Gasteiger partial charge in [0.25, 0.3) is 9.05 Å². The Kier molecular flexibility index (Phi) is 2.86. The van der Waals surface area contributed by atoms with E-state index in [-0.39, 0.29) is 5.03 Å². The average molecular weight is 260 g/mol. The molecule has 0 aromatic carbocycles. The molecule has 0 aliphatic carbocycles. The molecule has 0 saturated carbocycles. The van der Waals surface area contributed by atoms with Crippen molar-refractivity contribution in [3.63, 3.8) is 0 Å². The fourth-order valence-electron chi connectivity index (χ4n) is 1.45. The van der Waals surface area contributed by atoms with E-state index in [1.54, 1.807) is 6.07 Å². The van der Waals surface area contributed by atoms with Crippen LogP contribution in [0.15, 0.2) is 23.4 Å². The largest absolute Gasteiger partial charge is 0.280 e. The van der Waals surface area contributed by atoms with Crippen molar-refractivity contribution in [2.45, 2.75) is 24.8 Å². The van der Waals surface area contributed by atoms with E-state index in [0.717, 1.165) is 18.5 Å². The lowest BCUT2D eigenvalue weighted by Gasteiger charge is -2.00. The smallest absolute Gasteiger partial charge is 0.234 e. The summed E-state index contributed by atoms with van der Waals surface area (Å²) in [4.78, 5) is 3.92. The predicted molar refractivity (Wildman–Crippen MR) is 60.0 cm³/mol. The van der Waals surface area contributed by atoms with Gasteiger partial charge >= 0.3 is 0 Å². The summed E-state index contributed by atoms with van der Waals surface area (Å²) in [5, 5.41) is 4.09. The van der Waals surface area contributed by atoms with Gasteiger partial charge in [-0.2, -0.15) is 5.10 Å². The molecule has 5 nitrogen and oxygen atoms in total. The lowest BCUT2D eigenvalue weighted by molar-refractivity contribution is 0.601. The maximum Gasteiger partial charge on any atom is 0.280 e. The molecule has 0 spiro atoms. The molecule has 0 bridgehead atoms. The summed E-state index contributed by atoms with van der Waals surface area (Å²) in [7, 11) is 1.47. The normalized spacial score (nSPS) is 12.1. The number of fused-ring (bicyclic) bond motifs is 1. The molecule has 0 radical (unpaired) electrons. The molecule has 0 N–H and O–H groups in total.